The second-order valence-electron chi connectivity index (χ2n) is 5.57. The summed E-state index contributed by atoms with van der Waals surface area (Å²) >= 11 is 0. The molecular formula is C18H20N4O2. The topological polar surface area (TPSA) is 77.5 Å². The highest BCUT2D eigenvalue weighted by atomic mass is 16.5. The molecule has 3 rings (SSSR count). The number of rotatable bonds is 4. The maximum Gasteiger partial charge on any atom is 0.267 e. The molecule has 24 heavy (non-hydrogen) atoms. The van der Waals surface area contributed by atoms with Gasteiger partial charge >= 0.3 is 0 Å². The van der Waals surface area contributed by atoms with Crippen molar-refractivity contribution in [3.8, 4) is 11.1 Å². The fourth-order valence-electron chi connectivity index (χ4n) is 2.63. The minimum absolute atomic E-state index is 0.549. The summed E-state index contributed by atoms with van der Waals surface area (Å²) in [4.78, 5) is 17.8. The molecule has 0 aliphatic carbocycles. The first-order valence-corrected chi connectivity index (χ1v) is 7.90. The molecule has 3 N–H and O–H groups in total. The number of aromatic nitrogens is 1. The number of piperazine rings is 1. The van der Waals surface area contributed by atoms with Crippen LogP contribution in [-0.2, 0) is 4.79 Å². The van der Waals surface area contributed by atoms with E-state index in [0.29, 0.717) is 0 Å². The SMILES string of the molecule is O=C(/C=C/c1ccc(-c2ccc(N3CCNCC3)nc2)cc1)NO. The van der Waals surface area contributed by atoms with Crippen LogP contribution in [0.2, 0.25) is 0 Å². The number of hydroxylamine groups is 1. The van der Waals surface area contributed by atoms with Gasteiger partial charge in [0.1, 0.15) is 5.82 Å². The minimum atomic E-state index is -0.549. The van der Waals surface area contributed by atoms with E-state index >= 15 is 0 Å². The van der Waals surface area contributed by atoms with Gasteiger partial charge in [0.2, 0.25) is 0 Å². The van der Waals surface area contributed by atoms with Gasteiger partial charge in [0.15, 0.2) is 0 Å². The first-order chi connectivity index (χ1) is 11.8. The molecule has 2 heterocycles. The van der Waals surface area contributed by atoms with Gasteiger partial charge in [0.05, 0.1) is 0 Å². The molecule has 0 spiro atoms. The molecule has 0 saturated carbocycles. The number of amides is 1. The summed E-state index contributed by atoms with van der Waals surface area (Å²) in [6, 6.07) is 11.9. The van der Waals surface area contributed by atoms with Crippen molar-refractivity contribution in [3.05, 3.63) is 54.2 Å². The molecule has 1 fully saturated rings. The lowest BCUT2D eigenvalue weighted by Gasteiger charge is -2.28. The fraction of sp³-hybridized carbons (Fsp3) is 0.222. The van der Waals surface area contributed by atoms with Gasteiger partial charge in [-0.1, -0.05) is 24.3 Å². The van der Waals surface area contributed by atoms with E-state index < -0.39 is 5.91 Å². The van der Waals surface area contributed by atoms with E-state index in [9.17, 15) is 4.79 Å². The van der Waals surface area contributed by atoms with Gasteiger partial charge in [-0.05, 0) is 29.3 Å². The highest BCUT2D eigenvalue weighted by Gasteiger charge is 2.11. The molecular weight excluding hydrogens is 304 g/mol. The molecule has 1 amide bonds. The zero-order chi connectivity index (χ0) is 16.8. The lowest BCUT2D eigenvalue weighted by atomic mass is 10.1. The highest BCUT2D eigenvalue weighted by Crippen LogP contribution is 2.22. The third kappa shape index (κ3) is 3.98. The third-order valence-corrected chi connectivity index (χ3v) is 3.97. The summed E-state index contributed by atoms with van der Waals surface area (Å²) in [6.45, 7) is 3.95. The van der Waals surface area contributed by atoms with E-state index in [0.717, 1.165) is 48.7 Å². The number of pyridine rings is 1. The van der Waals surface area contributed by atoms with Crippen molar-refractivity contribution in [1.82, 2.24) is 15.8 Å². The van der Waals surface area contributed by atoms with Crippen molar-refractivity contribution in [2.75, 3.05) is 31.1 Å². The summed E-state index contributed by atoms with van der Waals surface area (Å²) < 4.78 is 0. The number of hydrogen-bond donors (Lipinski definition) is 3. The van der Waals surface area contributed by atoms with Crippen LogP contribution < -0.4 is 15.7 Å². The molecule has 6 nitrogen and oxygen atoms in total. The standard InChI is InChI=1S/C18H20N4O2/c23-18(21-24)8-3-14-1-4-15(5-2-14)16-6-7-17(20-13-16)22-11-9-19-10-12-22/h1-8,13,19,24H,9-12H2,(H,21,23)/b8-3+. The molecule has 1 aromatic heterocycles. The van der Waals surface area contributed by atoms with Crippen LogP contribution in [0.25, 0.3) is 17.2 Å². The maximum absolute atomic E-state index is 11.0. The Bertz CT molecular complexity index is 705. The van der Waals surface area contributed by atoms with Crippen LogP contribution in [-0.4, -0.2) is 42.3 Å². The molecule has 1 saturated heterocycles. The van der Waals surface area contributed by atoms with Gasteiger partial charge in [-0.3, -0.25) is 10.0 Å². The van der Waals surface area contributed by atoms with Gasteiger partial charge in [-0.2, -0.15) is 0 Å². The average molecular weight is 324 g/mol. The van der Waals surface area contributed by atoms with E-state index in [-0.39, 0.29) is 0 Å². The Kier molecular flexibility index (Phi) is 5.20. The number of anilines is 1. The fourth-order valence-corrected chi connectivity index (χ4v) is 2.63. The van der Waals surface area contributed by atoms with Crippen LogP contribution in [0, 0.1) is 0 Å². The van der Waals surface area contributed by atoms with Crippen molar-refractivity contribution in [2.24, 2.45) is 0 Å². The van der Waals surface area contributed by atoms with E-state index in [1.807, 2.05) is 30.5 Å². The summed E-state index contributed by atoms with van der Waals surface area (Å²) in [5.74, 6) is 0.460. The van der Waals surface area contributed by atoms with Crippen molar-refractivity contribution in [3.63, 3.8) is 0 Å². The molecule has 0 unspecified atom stereocenters. The van der Waals surface area contributed by atoms with E-state index in [2.05, 4.69) is 27.3 Å². The van der Waals surface area contributed by atoms with Crippen LogP contribution in [0.15, 0.2) is 48.7 Å². The smallest absolute Gasteiger partial charge is 0.267 e. The molecule has 124 valence electrons. The van der Waals surface area contributed by atoms with Crippen LogP contribution in [0.1, 0.15) is 5.56 Å². The Morgan fingerprint density at radius 1 is 1.12 bits per heavy atom. The lowest BCUT2D eigenvalue weighted by molar-refractivity contribution is -0.124. The zero-order valence-corrected chi connectivity index (χ0v) is 13.3. The molecule has 0 bridgehead atoms. The molecule has 1 aromatic carbocycles. The Morgan fingerprint density at radius 2 is 1.83 bits per heavy atom. The Morgan fingerprint density at radius 3 is 2.46 bits per heavy atom. The first-order valence-electron chi connectivity index (χ1n) is 7.90. The van der Waals surface area contributed by atoms with E-state index in [1.54, 1.807) is 11.6 Å². The van der Waals surface area contributed by atoms with Crippen molar-refractivity contribution >= 4 is 17.8 Å². The predicted molar refractivity (Wildman–Crippen MR) is 93.7 cm³/mol. The van der Waals surface area contributed by atoms with Gasteiger partial charge in [0.25, 0.3) is 5.91 Å². The Balaban J connectivity index is 1.70. The Hall–Kier alpha value is -2.70. The molecule has 6 heteroatoms. The Labute approximate surface area is 140 Å². The molecule has 1 aliphatic rings. The first kappa shape index (κ1) is 16.2. The number of hydrogen-bond acceptors (Lipinski definition) is 5. The second kappa shape index (κ2) is 7.72. The summed E-state index contributed by atoms with van der Waals surface area (Å²) in [5.41, 5.74) is 4.57. The van der Waals surface area contributed by atoms with Crippen LogP contribution in [0.4, 0.5) is 5.82 Å². The number of benzene rings is 1. The van der Waals surface area contributed by atoms with Gasteiger partial charge in [0, 0.05) is 44.0 Å². The van der Waals surface area contributed by atoms with Gasteiger partial charge in [-0.25, -0.2) is 10.5 Å². The molecule has 0 radical (unpaired) electrons. The normalized spacial score (nSPS) is 14.8. The van der Waals surface area contributed by atoms with E-state index in [4.69, 9.17) is 5.21 Å². The predicted octanol–water partition coefficient (Wildman–Crippen LogP) is 1.68. The largest absolute Gasteiger partial charge is 0.354 e. The second-order valence-corrected chi connectivity index (χ2v) is 5.57. The number of nitrogens with zero attached hydrogens (tertiary/aromatic N) is 2. The quantitative estimate of drug-likeness (QED) is 0.453. The van der Waals surface area contributed by atoms with Crippen molar-refractivity contribution in [1.29, 1.82) is 0 Å². The number of carbonyl (C=O) groups is 1. The maximum atomic E-state index is 11.0. The summed E-state index contributed by atoms with van der Waals surface area (Å²) in [5, 5.41) is 11.8. The molecule has 0 atom stereocenters. The van der Waals surface area contributed by atoms with Crippen molar-refractivity contribution < 1.29 is 10.0 Å². The van der Waals surface area contributed by atoms with Gasteiger partial charge < -0.3 is 10.2 Å². The van der Waals surface area contributed by atoms with Gasteiger partial charge in [-0.15, -0.1) is 0 Å². The summed E-state index contributed by atoms with van der Waals surface area (Å²) in [6.07, 6.45) is 4.81. The highest BCUT2D eigenvalue weighted by molar-refractivity contribution is 5.90. The molecule has 1 aliphatic heterocycles. The molecule has 2 aromatic rings. The van der Waals surface area contributed by atoms with Crippen molar-refractivity contribution in [2.45, 2.75) is 0 Å². The number of carbonyl (C=O) groups excluding carboxylic acids is 1. The van der Waals surface area contributed by atoms with E-state index in [1.165, 1.54) is 6.08 Å². The van der Waals surface area contributed by atoms with Crippen LogP contribution in [0.3, 0.4) is 0 Å². The summed E-state index contributed by atoms with van der Waals surface area (Å²) in [7, 11) is 0. The monoisotopic (exact) mass is 324 g/mol. The lowest BCUT2D eigenvalue weighted by Crippen LogP contribution is -2.43. The van der Waals surface area contributed by atoms with Crippen LogP contribution >= 0.6 is 0 Å². The van der Waals surface area contributed by atoms with Crippen LogP contribution in [0.5, 0.6) is 0 Å². The zero-order valence-electron chi connectivity index (χ0n) is 13.3. The number of nitrogens with one attached hydrogen (secondary N) is 2. The minimum Gasteiger partial charge on any atom is -0.354 e. The average Bonchev–Trinajstić information content (AvgIpc) is 2.67. The third-order valence-electron chi connectivity index (χ3n) is 3.97.